The van der Waals surface area contributed by atoms with Gasteiger partial charge in [0.1, 0.15) is 0 Å². The Labute approximate surface area is 209 Å². The van der Waals surface area contributed by atoms with Crippen LogP contribution in [-0.4, -0.2) is 32.6 Å². The molecule has 4 rings (SSSR count). The third-order valence-corrected chi connectivity index (χ3v) is 7.33. The Kier molecular flexibility index (Phi) is 6.36. The minimum atomic E-state index is -0.480. The van der Waals surface area contributed by atoms with E-state index in [-0.39, 0.29) is 28.9 Å². The van der Waals surface area contributed by atoms with Crippen molar-refractivity contribution in [2.75, 3.05) is 4.90 Å². The molecular formula is C27H29N3O4S. The van der Waals surface area contributed by atoms with Crippen molar-refractivity contribution < 1.29 is 14.5 Å². The molecule has 182 valence electrons. The molecule has 2 aliphatic heterocycles. The van der Waals surface area contributed by atoms with Crippen LogP contribution in [0.2, 0.25) is 0 Å². The molecule has 0 atom stereocenters. The molecule has 2 aliphatic rings. The first-order valence-corrected chi connectivity index (χ1v) is 12.3. The van der Waals surface area contributed by atoms with Gasteiger partial charge < -0.3 is 4.90 Å². The summed E-state index contributed by atoms with van der Waals surface area (Å²) in [6.07, 6.45) is 4.07. The third kappa shape index (κ3) is 4.62. The SMILES string of the molecule is CC1=CC(C)(C)N(C(C)C)c2cc(C)c(/C=C3\SC(=O)N(Cc4ccc([N+](=O)[O-])cc4)C3=O)cc21. The Morgan fingerprint density at radius 2 is 1.77 bits per heavy atom. The second-order valence-electron chi connectivity index (χ2n) is 9.86. The highest BCUT2D eigenvalue weighted by molar-refractivity contribution is 8.18. The number of nitro groups is 1. The number of amides is 2. The Bertz CT molecular complexity index is 1290. The quantitative estimate of drug-likeness (QED) is 0.268. The maximum Gasteiger partial charge on any atom is 0.293 e. The summed E-state index contributed by atoms with van der Waals surface area (Å²) in [6.45, 7) is 13.0. The van der Waals surface area contributed by atoms with Crippen molar-refractivity contribution in [1.82, 2.24) is 4.90 Å². The summed E-state index contributed by atoms with van der Waals surface area (Å²) >= 11 is 0.921. The number of carbonyl (C=O) groups is 2. The third-order valence-electron chi connectivity index (χ3n) is 6.42. The second kappa shape index (κ2) is 9.00. The largest absolute Gasteiger partial charge is 0.360 e. The van der Waals surface area contributed by atoms with Crippen LogP contribution in [0.25, 0.3) is 11.6 Å². The van der Waals surface area contributed by atoms with Gasteiger partial charge in [-0.1, -0.05) is 18.2 Å². The molecule has 8 heteroatoms. The number of aryl methyl sites for hydroxylation is 1. The fraction of sp³-hybridized carbons (Fsp3) is 0.333. The number of carbonyl (C=O) groups excluding carboxylic acids is 2. The maximum absolute atomic E-state index is 13.1. The van der Waals surface area contributed by atoms with Gasteiger partial charge in [0.25, 0.3) is 16.8 Å². The number of benzene rings is 2. The zero-order chi connectivity index (χ0) is 25.7. The van der Waals surface area contributed by atoms with Crippen LogP contribution >= 0.6 is 11.8 Å². The van der Waals surface area contributed by atoms with Crippen molar-refractivity contribution in [3.8, 4) is 0 Å². The number of thioether (sulfide) groups is 1. The molecule has 0 N–H and O–H groups in total. The van der Waals surface area contributed by atoms with Crippen molar-refractivity contribution in [3.63, 3.8) is 0 Å². The van der Waals surface area contributed by atoms with Crippen LogP contribution in [0.5, 0.6) is 0 Å². The number of allylic oxidation sites excluding steroid dienone is 1. The minimum Gasteiger partial charge on any atom is -0.360 e. The van der Waals surface area contributed by atoms with E-state index in [4.69, 9.17) is 0 Å². The highest BCUT2D eigenvalue weighted by Crippen LogP contribution is 2.42. The van der Waals surface area contributed by atoms with Gasteiger partial charge in [0.05, 0.1) is 21.9 Å². The number of hydrogen-bond donors (Lipinski definition) is 0. The first-order valence-electron chi connectivity index (χ1n) is 11.5. The molecule has 0 aliphatic carbocycles. The summed E-state index contributed by atoms with van der Waals surface area (Å²) in [4.78, 5) is 40.1. The molecule has 0 radical (unpaired) electrons. The lowest BCUT2D eigenvalue weighted by atomic mass is 9.86. The molecule has 2 aromatic carbocycles. The van der Waals surface area contributed by atoms with Gasteiger partial charge in [-0.2, -0.15) is 0 Å². The first-order chi connectivity index (χ1) is 16.4. The molecule has 1 fully saturated rings. The molecule has 1 saturated heterocycles. The molecule has 0 bridgehead atoms. The van der Waals surface area contributed by atoms with E-state index in [2.05, 4.69) is 57.7 Å². The molecule has 0 unspecified atom stereocenters. The van der Waals surface area contributed by atoms with Crippen LogP contribution in [-0.2, 0) is 11.3 Å². The normalized spacial score (nSPS) is 18.4. The molecule has 35 heavy (non-hydrogen) atoms. The van der Waals surface area contributed by atoms with Gasteiger partial charge >= 0.3 is 0 Å². The van der Waals surface area contributed by atoms with Gasteiger partial charge in [-0.15, -0.1) is 0 Å². The van der Waals surface area contributed by atoms with Crippen molar-refractivity contribution in [2.24, 2.45) is 0 Å². The molecule has 0 aromatic heterocycles. The average molecular weight is 492 g/mol. The lowest BCUT2D eigenvalue weighted by Crippen LogP contribution is -2.49. The summed E-state index contributed by atoms with van der Waals surface area (Å²) < 4.78 is 0. The molecule has 0 saturated carbocycles. The van der Waals surface area contributed by atoms with Crippen LogP contribution in [0.3, 0.4) is 0 Å². The van der Waals surface area contributed by atoms with Crippen LogP contribution in [0.15, 0.2) is 47.4 Å². The Morgan fingerprint density at radius 1 is 1.11 bits per heavy atom. The molecule has 2 aromatic rings. The van der Waals surface area contributed by atoms with Crippen LogP contribution < -0.4 is 4.90 Å². The maximum atomic E-state index is 13.1. The topological polar surface area (TPSA) is 83.8 Å². The highest BCUT2D eigenvalue weighted by atomic mass is 32.2. The Morgan fingerprint density at radius 3 is 2.37 bits per heavy atom. The number of imide groups is 1. The Hall–Kier alpha value is -3.39. The van der Waals surface area contributed by atoms with E-state index >= 15 is 0 Å². The number of non-ortho nitro benzene ring substituents is 1. The van der Waals surface area contributed by atoms with E-state index in [0.29, 0.717) is 16.5 Å². The summed E-state index contributed by atoms with van der Waals surface area (Å²) in [5.74, 6) is -0.354. The van der Waals surface area contributed by atoms with Gasteiger partial charge in [0.2, 0.25) is 0 Å². The smallest absolute Gasteiger partial charge is 0.293 e. The zero-order valence-corrected chi connectivity index (χ0v) is 21.6. The predicted molar refractivity (Wildman–Crippen MR) is 141 cm³/mol. The summed E-state index contributed by atoms with van der Waals surface area (Å²) in [5, 5.41) is 10.5. The van der Waals surface area contributed by atoms with Crippen molar-refractivity contribution in [3.05, 3.63) is 79.7 Å². The number of rotatable bonds is 5. The minimum absolute atomic E-state index is 0.0329. The number of nitrogens with zero attached hydrogens (tertiary/aromatic N) is 3. The van der Waals surface area contributed by atoms with E-state index in [1.807, 2.05) is 6.92 Å². The van der Waals surface area contributed by atoms with Gasteiger partial charge in [-0.25, -0.2) is 0 Å². The molecule has 0 spiro atoms. The average Bonchev–Trinajstić information content (AvgIpc) is 3.01. The molecular weight excluding hydrogens is 462 g/mol. The number of anilines is 1. The van der Waals surface area contributed by atoms with E-state index in [9.17, 15) is 19.7 Å². The van der Waals surface area contributed by atoms with Crippen molar-refractivity contribution in [2.45, 2.75) is 59.7 Å². The predicted octanol–water partition coefficient (Wildman–Crippen LogP) is 6.55. The lowest BCUT2D eigenvalue weighted by Gasteiger charge is -2.46. The summed E-state index contributed by atoms with van der Waals surface area (Å²) in [7, 11) is 0. The summed E-state index contributed by atoms with van der Waals surface area (Å²) in [5.41, 5.74) is 5.92. The molecule has 2 amide bonds. The van der Waals surface area contributed by atoms with E-state index in [0.717, 1.165) is 28.5 Å². The monoisotopic (exact) mass is 491 g/mol. The van der Waals surface area contributed by atoms with Gasteiger partial charge in [-0.3, -0.25) is 24.6 Å². The van der Waals surface area contributed by atoms with Crippen LogP contribution in [0, 0.1) is 17.0 Å². The number of nitro benzene ring substituents is 1. The Balaban J connectivity index is 1.64. The van der Waals surface area contributed by atoms with Gasteiger partial charge in [0, 0.05) is 29.4 Å². The van der Waals surface area contributed by atoms with Gasteiger partial charge in [-0.05, 0) is 93.8 Å². The van der Waals surface area contributed by atoms with Crippen LogP contribution in [0.4, 0.5) is 16.2 Å². The van der Waals surface area contributed by atoms with Crippen molar-refractivity contribution in [1.29, 1.82) is 0 Å². The van der Waals surface area contributed by atoms with E-state index in [1.54, 1.807) is 18.2 Å². The second-order valence-corrected chi connectivity index (χ2v) is 10.9. The standard InChI is InChI=1S/C27H29N3O4S/c1-16(2)29-23-11-17(3)20(12-22(23)18(4)14-27(29,5)6)13-24-25(31)28(26(32)35-24)15-19-7-9-21(10-8-19)30(33)34/h7-14,16H,15H2,1-6H3/b24-13-. The van der Waals surface area contributed by atoms with Crippen molar-refractivity contribution >= 4 is 45.9 Å². The fourth-order valence-electron chi connectivity index (χ4n) is 4.99. The van der Waals surface area contributed by atoms with Gasteiger partial charge in [0.15, 0.2) is 0 Å². The molecule has 2 heterocycles. The number of hydrogen-bond acceptors (Lipinski definition) is 6. The van der Waals surface area contributed by atoms with E-state index < -0.39 is 4.92 Å². The van der Waals surface area contributed by atoms with Crippen LogP contribution in [0.1, 0.15) is 56.9 Å². The summed E-state index contributed by atoms with van der Waals surface area (Å²) in [6, 6.07) is 10.5. The van der Waals surface area contributed by atoms with E-state index in [1.165, 1.54) is 28.3 Å². The number of fused-ring (bicyclic) bond motifs is 1. The molecule has 7 nitrogen and oxygen atoms in total. The first kappa shape index (κ1) is 24.7. The lowest BCUT2D eigenvalue weighted by molar-refractivity contribution is -0.384. The fourth-order valence-corrected chi connectivity index (χ4v) is 5.82. The zero-order valence-electron chi connectivity index (χ0n) is 20.8. The highest BCUT2D eigenvalue weighted by Gasteiger charge is 2.36.